The van der Waals surface area contributed by atoms with Crippen molar-refractivity contribution < 1.29 is 19.4 Å². The summed E-state index contributed by atoms with van der Waals surface area (Å²) in [5.74, 6) is -0.122. The monoisotopic (exact) mass is 272 g/mol. The van der Waals surface area contributed by atoms with Gasteiger partial charge in [-0.1, -0.05) is 24.3 Å². The maximum atomic E-state index is 11.5. The first-order valence-electron chi connectivity index (χ1n) is 6.20. The normalized spacial score (nSPS) is 10.1. The largest absolute Gasteiger partial charge is 0.508 e. The summed E-state index contributed by atoms with van der Waals surface area (Å²) in [5, 5.41) is 9.60. The van der Waals surface area contributed by atoms with Crippen molar-refractivity contribution in [1.82, 2.24) is 0 Å². The van der Waals surface area contributed by atoms with Gasteiger partial charge in [-0.3, -0.25) is 0 Å². The number of carbonyl (C=O) groups is 1. The Kier molecular flexibility index (Phi) is 4.25. The number of benzene rings is 2. The molecule has 0 unspecified atom stereocenters. The van der Waals surface area contributed by atoms with E-state index in [1.54, 1.807) is 6.07 Å². The summed E-state index contributed by atoms with van der Waals surface area (Å²) >= 11 is 0. The quantitative estimate of drug-likeness (QED) is 0.869. The lowest BCUT2D eigenvalue weighted by molar-refractivity contribution is 0.0599. The number of methoxy groups -OCH3 is 1. The Bertz CT molecular complexity index is 620. The molecule has 4 nitrogen and oxygen atoms in total. The maximum Gasteiger partial charge on any atom is 0.338 e. The van der Waals surface area contributed by atoms with E-state index in [1.165, 1.54) is 19.2 Å². The molecule has 0 aliphatic rings. The molecule has 2 aromatic rings. The first-order chi connectivity index (χ1) is 9.60. The Morgan fingerprint density at radius 1 is 1.20 bits per heavy atom. The zero-order valence-electron chi connectivity index (χ0n) is 11.4. The van der Waals surface area contributed by atoms with Crippen LogP contribution in [-0.2, 0) is 11.3 Å². The van der Waals surface area contributed by atoms with Gasteiger partial charge in [-0.2, -0.15) is 0 Å². The summed E-state index contributed by atoms with van der Waals surface area (Å²) in [6.07, 6.45) is 0. The Morgan fingerprint density at radius 3 is 2.65 bits per heavy atom. The molecular formula is C16H16O4. The van der Waals surface area contributed by atoms with Crippen LogP contribution in [0.15, 0.2) is 42.5 Å². The van der Waals surface area contributed by atoms with Crippen molar-refractivity contribution in [3.63, 3.8) is 0 Å². The molecule has 0 aliphatic heterocycles. The minimum atomic E-state index is -0.512. The fraction of sp³-hybridized carbons (Fsp3) is 0.188. The van der Waals surface area contributed by atoms with Crippen LogP contribution >= 0.6 is 0 Å². The first-order valence-corrected chi connectivity index (χ1v) is 6.20. The second kappa shape index (κ2) is 6.10. The second-order valence-corrected chi connectivity index (χ2v) is 4.42. The van der Waals surface area contributed by atoms with Gasteiger partial charge in [-0.25, -0.2) is 4.79 Å². The lowest BCUT2D eigenvalue weighted by Gasteiger charge is -2.10. The predicted octanol–water partition coefficient (Wildman–Crippen LogP) is 3.07. The van der Waals surface area contributed by atoms with Gasteiger partial charge in [-0.05, 0) is 30.2 Å². The number of carbonyl (C=O) groups excluding carboxylic acids is 1. The third-order valence-corrected chi connectivity index (χ3v) is 2.97. The molecule has 2 aromatic carbocycles. The molecule has 0 saturated heterocycles. The Labute approximate surface area is 117 Å². The van der Waals surface area contributed by atoms with Crippen LogP contribution in [0.4, 0.5) is 0 Å². The molecule has 0 fully saturated rings. The molecule has 0 bridgehead atoms. The van der Waals surface area contributed by atoms with Gasteiger partial charge < -0.3 is 14.6 Å². The van der Waals surface area contributed by atoms with E-state index in [0.717, 1.165) is 11.1 Å². The zero-order valence-corrected chi connectivity index (χ0v) is 11.4. The van der Waals surface area contributed by atoms with E-state index in [1.807, 2.05) is 31.2 Å². The van der Waals surface area contributed by atoms with Crippen LogP contribution in [0.5, 0.6) is 11.5 Å². The van der Waals surface area contributed by atoms with Gasteiger partial charge >= 0.3 is 5.97 Å². The molecule has 2 rings (SSSR count). The third kappa shape index (κ3) is 3.29. The highest BCUT2D eigenvalue weighted by molar-refractivity contribution is 5.90. The SMILES string of the molecule is COC(=O)c1cc(O)cc(OCc2ccccc2C)c1. The van der Waals surface area contributed by atoms with Gasteiger partial charge in [0.15, 0.2) is 0 Å². The van der Waals surface area contributed by atoms with Crippen molar-refractivity contribution in [2.75, 3.05) is 7.11 Å². The van der Waals surface area contributed by atoms with E-state index in [9.17, 15) is 9.90 Å². The lowest BCUT2D eigenvalue weighted by Crippen LogP contribution is -2.02. The minimum Gasteiger partial charge on any atom is -0.508 e. The zero-order chi connectivity index (χ0) is 14.5. The van der Waals surface area contributed by atoms with Crippen LogP contribution in [0.2, 0.25) is 0 Å². The Morgan fingerprint density at radius 2 is 1.95 bits per heavy atom. The number of aryl methyl sites for hydroxylation is 1. The van der Waals surface area contributed by atoms with E-state index in [0.29, 0.717) is 12.4 Å². The van der Waals surface area contributed by atoms with Gasteiger partial charge in [0.05, 0.1) is 12.7 Å². The molecule has 1 N–H and O–H groups in total. The first kappa shape index (κ1) is 13.9. The van der Waals surface area contributed by atoms with Crippen molar-refractivity contribution in [1.29, 1.82) is 0 Å². The van der Waals surface area contributed by atoms with Crippen molar-refractivity contribution in [2.45, 2.75) is 13.5 Å². The summed E-state index contributed by atoms with van der Waals surface area (Å²) in [5.41, 5.74) is 2.43. The highest BCUT2D eigenvalue weighted by Gasteiger charge is 2.09. The number of aromatic hydroxyl groups is 1. The summed E-state index contributed by atoms with van der Waals surface area (Å²) in [6, 6.07) is 12.2. The Balaban J connectivity index is 2.16. The van der Waals surface area contributed by atoms with Crippen LogP contribution in [0.3, 0.4) is 0 Å². The van der Waals surface area contributed by atoms with E-state index < -0.39 is 5.97 Å². The van der Waals surface area contributed by atoms with Crippen LogP contribution in [0.1, 0.15) is 21.5 Å². The topological polar surface area (TPSA) is 55.8 Å². The Hall–Kier alpha value is -2.49. The second-order valence-electron chi connectivity index (χ2n) is 4.42. The molecule has 0 aliphatic carbocycles. The van der Waals surface area contributed by atoms with Crippen molar-refractivity contribution in [2.24, 2.45) is 0 Å². The third-order valence-electron chi connectivity index (χ3n) is 2.97. The van der Waals surface area contributed by atoms with Crippen LogP contribution < -0.4 is 4.74 Å². The minimum absolute atomic E-state index is 0.0346. The van der Waals surface area contributed by atoms with Gasteiger partial charge in [0, 0.05) is 6.07 Å². The molecule has 0 aromatic heterocycles. The van der Waals surface area contributed by atoms with E-state index in [4.69, 9.17) is 4.74 Å². The number of hydrogen-bond acceptors (Lipinski definition) is 4. The van der Waals surface area contributed by atoms with Crippen LogP contribution in [0, 0.1) is 6.92 Å². The van der Waals surface area contributed by atoms with Gasteiger partial charge in [-0.15, -0.1) is 0 Å². The molecule has 0 heterocycles. The molecule has 104 valence electrons. The van der Waals surface area contributed by atoms with Gasteiger partial charge in [0.2, 0.25) is 0 Å². The molecule has 0 saturated carbocycles. The molecule has 0 spiro atoms. The molecule has 0 amide bonds. The fourth-order valence-corrected chi connectivity index (χ4v) is 1.84. The summed E-state index contributed by atoms with van der Waals surface area (Å²) in [4.78, 5) is 11.5. The molecular weight excluding hydrogens is 256 g/mol. The number of phenols is 1. The van der Waals surface area contributed by atoms with E-state index in [-0.39, 0.29) is 11.3 Å². The summed E-state index contributed by atoms with van der Waals surface area (Å²) in [7, 11) is 1.29. The number of ether oxygens (including phenoxy) is 2. The van der Waals surface area contributed by atoms with Crippen LogP contribution in [0.25, 0.3) is 0 Å². The van der Waals surface area contributed by atoms with E-state index in [2.05, 4.69) is 4.74 Å². The van der Waals surface area contributed by atoms with Crippen molar-refractivity contribution in [3.8, 4) is 11.5 Å². The number of hydrogen-bond donors (Lipinski definition) is 1. The average molecular weight is 272 g/mol. The summed E-state index contributed by atoms with van der Waals surface area (Å²) in [6.45, 7) is 2.37. The molecule has 0 radical (unpaired) electrons. The predicted molar refractivity (Wildman–Crippen MR) is 75.0 cm³/mol. The fourth-order valence-electron chi connectivity index (χ4n) is 1.84. The van der Waals surface area contributed by atoms with Gasteiger partial charge in [0.1, 0.15) is 18.1 Å². The highest BCUT2D eigenvalue weighted by atomic mass is 16.5. The molecule has 4 heteroatoms. The van der Waals surface area contributed by atoms with Crippen molar-refractivity contribution in [3.05, 3.63) is 59.2 Å². The summed E-state index contributed by atoms with van der Waals surface area (Å²) < 4.78 is 10.2. The van der Waals surface area contributed by atoms with E-state index >= 15 is 0 Å². The maximum absolute atomic E-state index is 11.5. The molecule has 0 atom stereocenters. The van der Waals surface area contributed by atoms with Crippen molar-refractivity contribution >= 4 is 5.97 Å². The highest BCUT2D eigenvalue weighted by Crippen LogP contribution is 2.23. The lowest BCUT2D eigenvalue weighted by atomic mass is 10.1. The standard InChI is InChI=1S/C16H16O4/c1-11-5-3-4-6-12(11)10-20-15-8-13(16(18)19-2)7-14(17)9-15/h3-9,17H,10H2,1-2H3. The van der Waals surface area contributed by atoms with Crippen LogP contribution in [-0.4, -0.2) is 18.2 Å². The average Bonchev–Trinajstić information content (AvgIpc) is 2.45. The number of rotatable bonds is 4. The number of phenolic OH excluding ortho intramolecular Hbond substituents is 1. The smallest absolute Gasteiger partial charge is 0.338 e. The number of esters is 1. The molecule has 20 heavy (non-hydrogen) atoms. The van der Waals surface area contributed by atoms with Gasteiger partial charge in [0.25, 0.3) is 0 Å².